The lowest BCUT2D eigenvalue weighted by Crippen LogP contribution is -2.47. The van der Waals surface area contributed by atoms with E-state index in [1.165, 1.54) is 5.56 Å². The number of fused-ring (bicyclic) bond motifs is 2. The van der Waals surface area contributed by atoms with Crippen LogP contribution in [0.25, 0.3) is 5.32 Å². The molecule has 1 unspecified atom stereocenters. The number of hydrogen-bond acceptors (Lipinski definition) is 2. The standard InChI is InChI=1S/C16H23N2O2S/c1-3-13(2)21(19,20)18-10-8-16(9-11-18)12-17-15-7-5-4-6-14(15)16/h4-7,13H,3,8-12H2,1-2H3/q-1. The van der Waals surface area contributed by atoms with Crippen molar-refractivity contribution in [2.75, 3.05) is 19.6 Å². The van der Waals surface area contributed by atoms with Crippen LogP contribution in [-0.4, -0.2) is 37.6 Å². The maximum atomic E-state index is 12.5. The zero-order valence-electron chi connectivity index (χ0n) is 12.7. The second kappa shape index (κ2) is 5.29. The van der Waals surface area contributed by atoms with Gasteiger partial charge in [0.15, 0.2) is 0 Å². The van der Waals surface area contributed by atoms with Crippen LogP contribution in [0, 0.1) is 0 Å². The van der Waals surface area contributed by atoms with Gasteiger partial charge in [-0.2, -0.15) is 0 Å². The average Bonchev–Trinajstić information content (AvgIpc) is 2.86. The third-order valence-corrected chi connectivity index (χ3v) is 7.59. The average molecular weight is 307 g/mol. The molecule has 4 nitrogen and oxygen atoms in total. The summed E-state index contributed by atoms with van der Waals surface area (Å²) in [4.78, 5) is 0. The van der Waals surface area contributed by atoms with Gasteiger partial charge in [-0.1, -0.05) is 36.8 Å². The highest BCUT2D eigenvalue weighted by atomic mass is 32.2. The smallest absolute Gasteiger partial charge is 0.216 e. The summed E-state index contributed by atoms with van der Waals surface area (Å²) in [6.45, 7) is 5.79. The van der Waals surface area contributed by atoms with Crippen molar-refractivity contribution < 1.29 is 8.42 Å². The Morgan fingerprint density at radius 1 is 1.29 bits per heavy atom. The summed E-state index contributed by atoms with van der Waals surface area (Å²) < 4.78 is 26.6. The van der Waals surface area contributed by atoms with Gasteiger partial charge in [0.1, 0.15) is 0 Å². The van der Waals surface area contributed by atoms with Crippen molar-refractivity contribution in [3.05, 3.63) is 35.1 Å². The fraction of sp³-hybridized carbons (Fsp3) is 0.625. The predicted octanol–water partition coefficient (Wildman–Crippen LogP) is 3.17. The first kappa shape index (κ1) is 14.9. The molecule has 0 saturated carbocycles. The van der Waals surface area contributed by atoms with Gasteiger partial charge in [-0.25, -0.2) is 12.7 Å². The number of hydrogen-bond donors (Lipinski definition) is 0. The normalized spacial score (nSPS) is 22.8. The molecule has 0 N–H and O–H groups in total. The summed E-state index contributed by atoms with van der Waals surface area (Å²) >= 11 is 0. The zero-order chi connectivity index (χ0) is 15.1. The van der Waals surface area contributed by atoms with Crippen LogP contribution in [0.3, 0.4) is 0 Å². The summed E-state index contributed by atoms with van der Waals surface area (Å²) in [6.07, 6.45) is 2.43. The Morgan fingerprint density at radius 2 is 1.95 bits per heavy atom. The van der Waals surface area contributed by atoms with Gasteiger partial charge in [-0.05, 0) is 31.6 Å². The minimum Gasteiger partial charge on any atom is -0.683 e. The van der Waals surface area contributed by atoms with Crippen molar-refractivity contribution in [3.8, 4) is 0 Å². The van der Waals surface area contributed by atoms with Crippen molar-refractivity contribution in [3.63, 3.8) is 0 Å². The molecule has 1 aromatic rings. The fourth-order valence-corrected chi connectivity index (χ4v) is 5.06. The molecule has 116 valence electrons. The quantitative estimate of drug-likeness (QED) is 0.861. The van der Waals surface area contributed by atoms with E-state index in [-0.39, 0.29) is 10.7 Å². The van der Waals surface area contributed by atoms with E-state index in [0.29, 0.717) is 19.5 Å². The van der Waals surface area contributed by atoms with Crippen LogP contribution in [0.5, 0.6) is 0 Å². The molecule has 1 fully saturated rings. The molecule has 0 aliphatic carbocycles. The number of para-hydroxylation sites is 1. The lowest BCUT2D eigenvalue weighted by Gasteiger charge is -2.42. The molecule has 0 radical (unpaired) electrons. The lowest BCUT2D eigenvalue weighted by molar-refractivity contribution is 0.249. The summed E-state index contributed by atoms with van der Waals surface area (Å²) in [5, 5.41) is 4.36. The molecular weight excluding hydrogens is 284 g/mol. The highest BCUT2D eigenvalue weighted by molar-refractivity contribution is 7.89. The summed E-state index contributed by atoms with van der Waals surface area (Å²) in [5.41, 5.74) is 2.47. The van der Waals surface area contributed by atoms with E-state index in [9.17, 15) is 8.42 Å². The van der Waals surface area contributed by atoms with Crippen molar-refractivity contribution in [2.24, 2.45) is 0 Å². The minimum absolute atomic E-state index is 0.0675. The first-order valence-electron chi connectivity index (χ1n) is 7.75. The Morgan fingerprint density at radius 3 is 2.62 bits per heavy atom. The molecule has 21 heavy (non-hydrogen) atoms. The van der Waals surface area contributed by atoms with E-state index in [4.69, 9.17) is 0 Å². The van der Waals surface area contributed by atoms with Crippen LogP contribution in [0.4, 0.5) is 5.69 Å². The zero-order valence-corrected chi connectivity index (χ0v) is 13.6. The third kappa shape index (κ3) is 2.36. The molecule has 0 aromatic heterocycles. The van der Waals surface area contributed by atoms with Gasteiger partial charge in [-0.3, -0.25) is 0 Å². The number of benzene rings is 1. The molecule has 2 aliphatic rings. The molecular formula is C16H23N2O2S-. The number of sulfonamides is 1. The maximum absolute atomic E-state index is 12.5. The second-order valence-electron chi connectivity index (χ2n) is 6.28. The van der Waals surface area contributed by atoms with E-state index in [1.54, 1.807) is 11.2 Å². The van der Waals surface area contributed by atoms with Crippen molar-refractivity contribution in [2.45, 2.75) is 43.8 Å². The second-order valence-corrected chi connectivity index (χ2v) is 8.63. The molecule has 5 heteroatoms. The van der Waals surface area contributed by atoms with E-state index in [0.717, 1.165) is 25.1 Å². The largest absolute Gasteiger partial charge is 0.683 e. The molecule has 0 bridgehead atoms. The maximum Gasteiger partial charge on any atom is 0.216 e. The molecule has 3 rings (SSSR count). The lowest BCUT2D eigenvalue weighted by atomic mass is 9.75. The van der Waals surface area contributed by atoms with Crippen LogP contribution in [0.15, 0.2) is 24.3 Å². The van der Waals surface area contributed by atoms with Gasteiger partial charge >= 0.3 is 0 Å². The third-order valence-electron chi connectivity index (χ3n) is 5.15. The Labute approximate surface area is 127 Å². The Kier molecular flexibility index (Phi) is 3.74. The van der Waals surface area contributed by atoms with Crippen LogP contribution in [0.1, 0.15) is 38.7 Å². The first-order chi connectivity index (χ1) is 9.99. The molecule has 1 aromatic carbocycles. The SMILES string of the molecule is CCC(C)S(=O)(=O)N1CCC2(CC1)C[N-]c1ccccc12. The van der Waals surface area contributed by atoms with Crippen molar-refractivity contribution in [1.29, 1.82) is 0 Å². The molecule has 2 aliphatic heterocycles. The topological polar surface area (TPSA) is 51.5 Å². The van der Waals surface area contributed by atoms with Gasteiger partial charge < -0.3 is 5.32 Å². The van der Waals surface area contributed by atoms with Crippen molar-refractivity contribution in [1.82, 2.24) is 4.31 Å². The molecule has 0 amide bonds. The van der Waals surface area contributed by atoms with E-state index in [2.05, 4.69) is 23.5 Å². The Bertz CT molecular complexity index is 619. The molecule has 1 saturated heterocycles. The Hall–Kier alpha value is -1.07. The van der Waals surface area contributed by atoms with Crippen LogP contribution in [0.2, 0.25) is 0 Å². The van der Waals surface area contributed by atoms with Gasteiger partial charge in [0.25, 0.3) is 0 Å². The number of piperidine rings is 1. The highest BCUT2D eigenvalue weighted by Crippen LogP contribution is 2.49. The van der Waals surface area contributed by atoms with Gasteiger partial charge in [-0.15, -0.1) is 12.2 Å². The molecule has 1 atom stereocenters. The predicted molar refractivity (Wildman–Crippen MR) is 85.5 cm³/mol. The van der Waals surface area contributed by atoms with Crippen LogP contribution < -0.4 is 0 Å². The number of rotatable bonds is 3. The van der Waals surface area contributed by atoms with Gasteiger partial charge in [0.2, 0.25) is 10.0 Å². The van der Waals surface area contributed by atoms with E-state index >= 15 is 0 Å². The monoisotopic (exact) mass is 307 g/mol. The van der Waals surface area contributed by atoms with Crippen molar-refractivity contribution >= 4 is 15.7 Å². The first-order valence-corrected chi connectivity index (χ1v) is 9.26. The van der Waals surface area contributed by atoms with Gasteiger partial charge in [0.05, 0.1) is 5.25 Å². The fourth-order valence-electron chi connectivity index (χ4n) is 3.44. The Balaban J connectivity index is 1.78. The van der Waals surface area contributed by atoms with Crippen LogP contribution >= 0.6 is 0 Å². The number of nitrogens with zero attached hydrogens (tertiary/aromatic N) is 2. The van der Waals surface area contributed by atoms with Crippen LogP contribution in [-0.2, 0) is 15.4 Å². The highest BCUT2D eigenvalue weighted by Gasteiger charge is 2.40. The molecule has 1 spiro atoms. The summed E-state index contributed by atoms with van der Waals surface area (Å²) in [6, 6.07) is 8.30. The van der Waals surface area contributed by atoms with Gasteiger partial charge in [0, 0.05) is 13.1 Å². The summed E-state index contributed by atoms with van der Waals surface area (Å²) in [5.74, 6) is 0. The van der Waals surface area contributed by atoms with E-state index in [1.807, 2.05) is 13.0 Å². The van der Waals surface area contributed by atoms with E-state index < -0.39 is 10.0 Å². The minimum atomic E-state index is -3.13. The summed E-state index contributed by atoms with van der Waals surface area (Å²) in [7, 11) is -3.13. The molecule has 2 heterocycles.